The molecule has 0 aliphatic carbocycles. The minimum absolute atomic E-state index is 0.0357. The molecule has 0 saturated heterocycles. The first kappa shape index (κ1) is 21.1. The van der Waals surface area contributed by atoms with Crippen LogP contribution in [0.3, 0.4) is 0 Å². The third kappa shape index (κ3) is 5.32. The smallest absolute Gasteiger partial charge is 0.258 e. The first-order valence-corrected chi connectivity index (χ1v) is 10.8. The number of rotatable bonds is 8. The maximum absolute atomic E-state index is 12.3. The molecule has 1 unspecified atom stereocenters. The van der Waals surface area contributed by atoms with Crippen molar-refractivity contribution in [1.82, 2.24) is 25.0 Å². The summed E-state index contributed by atoms with van der Waals surface area (Å²) in [7, 11) is 0. The van der Waals surface area contributed by atoms with Crippen molar-refractivity contribution >= 4 is 5.91 Å². The van der Waals surface area contributed by atoms with E-state index in [9.17, 15) is 4.79 Å². The fourth-order valence-electron chi connectivity index (χ4n) is 3.80. The molecule has 1 aliphatic heterocycles. The van der Waals surface area contributed by atoms with Crippen LogP contribution in [0, 0.1) is 0 Å². The normalized spacial score (nSPS) is 15.2. The van der Waals surface area contributed by atoms with Gasteiger partial charge in [-0.2, -0.15) is 0 Å². The molecular weight excluding hydrogens is 394 g/mol. The van der Waals surface area contributed by atoms with Gasteiger partial charge in [0.25, 0.3) is 5.91 Å². The van der Waals surface area contributed by atoms with Gasteiger partial charge in [-0.05, 0) is 31.2 Å². The highest BCUT2D eigenvalue weighted by Crippen LogP contribution is 2.18. The molecule has 2 aromatic heterocycles. The predicted molar refractivity (Wildman–Crippen MR) is 116 cm³/mol. The average molecular weight is 424 g/mol. The summed E-state index contributed by atoms with van der Waals surface area (Å²) in [5, 5.41) is 11.7. The van der Waals surface area contributed by atoms with Gasteiger partial charge < -0.3 is 19.0 Å². The Kier molecular flexibility index (Phi) is 6.66. The Morgan fingerprint density at radius 3 is 2.71 bits per heavy atom. The number of furan rings is 1. The van der Waals surface area contributed by atoms with E-state index in [1.807, 2.05) is 43.3 Å². The molecule has 8 heteroatoms. The summed E-state index contributed by atoms with van der Waals surface area (Å²) in [5.74, 6) is 4.22. The second kappa shape index (κ2) is 9.78. The molecule has 1 aliphatic rings. The summed E-state index contributed by atoms with van der Waals surface area (Å²) < 4.78 is 13.5. The number of aryl methyl sites for hydroxylation is 1. The van der Waals surface area contributed by atoms with E-state index in [2.05, 4.69) is 38.0 Å². The molecule has 31 heavy (non-hydrogen) atoms. The van der Waals surface area contributed by atoms with Gasteiger partial charge in [-0.1, -0.05) is 25.1 Å². The van der Waals surface area contributed by atoms with Crippen LogP contribution in [0.15, 0.2) is 46.9 Å². The van der Waals surface area contributed by atoms with Crippen molar-refractivity contribution in [2.75, 3.05) is 19.7 Å². The van der Waals surface area contributed by atoms with Crippen molar-refractivity contribution in [2.24, 2.45) is 0 Å². The minimum Gasteiger partial charge on any atom is -0.484 e. The lowest BCUT2D eigenvalue weighted by molar-refractivity contribution is -0.123. The van der Waals surface area contributed by atoms with Gasteiger partial charge in [-0.3, -0.25) is 9.69 Å². The molecule has 4 rings (SSSR count). The van der Waals surface area contributed by atoms with Crippen LogP contribution in [-0.2, 0) is 30.7 Å². The number of carbonyl (C=O) groups is 1. The Hall–Kier alpha value is -3.13. The van der Waals surface area contributed by atoms with Gasteiger partial charge in [0.2, 0.25) is 0 Å². The quantitative estimate of drug-likeness (QED) is 0.600. The molecule has 0 saturated carbocycles. The van der Waals surface area contributed by atoms with E-state index >= 15 is 0 Å². The Bertz CT molecular complexity index is 998. The highest BCUT2D eigenvalue weighted by atomic mass is 16.5. The van der Waals surface area contributed by atoms with E-state index in [0.717, 1.165) is 62.2 Å². The van der Waals surface area contributed by atoms with Crippen LogP contribution in [0.4, 0.5) is 0 Å². The molecule has 0 fully saturated rings. The average Bonchev–Trinajstić information content (AvgIpc) is 3.36. The van der Waals surface area contributed by atoms with Gasteiger partial charge in [0.15, 0.2) is 12.4 Å². The third-order valence-electron chi connectivity index (χ3n) is 5.47. The number of carbonyl (C=O) groups excluding carboxylic acids is 1. The Morgan fingerprint density at radius 2 is 1.94 bits per heavy atom. The maximum atomic E-state index is 12.3. The van der Waals surface area contributed by atoms with E-state index in [-0.39, 0.29) is 18.6 Å². The summed E-state index contributed by atoms with van der Waals surface area (Å²) in [5.41, 5.74) is 0. The molecule has 3 heterocycles. The molecule has 164 valence electrons. The van der Waals surface area contributed by atoms with Crippen LogP contribution < -0.4 is 10.1 Å². The Balaban J connectivity index is 1.32. The third-order valence-corrected chi connectivity index (χ3v) is 5.47. The fourth-order valence-corrected chi connectivity index (χ4v) is 3.80. The number of nitrogens with zero attached hydrogens (tertiary/aromatic N) is 4. The summed E-state index contributed by atoms with van der Waals surface area (Å²) in [6.45, 7) is 7.32. The number of fused-ring (bicyclic) bond motifs is 1. The Labute approximate surface area is 182 Å². The molecule has 1 amide bonds. The zero-order valence-corrected chi connectivity index (χ0v) is 18.1. The van der Waals surface area contributed by atoms with Crippen molar-refractivity contribution in [3.63, 3.8) is 0 Å². The number of amides is 1. The Morgan fingerprint density at radius 1 is 1.13 bits per heavy atom. The maximum Gasteiger partial charge on any atom is 0.258 e. The van der Waals surface area contributed by atoms with Crippen molar-refractivity contribution in [2.45, 2.75) is 45.8 Å². The van der Waals surface area contributed by atoms with E-state index in [1.165, 1.54) is 0 Å². The van der Waals surface area contributed by atoms with Crippen LogP contribution >= 0.6 is 0 Å². The van der Waals surface area contributed by atoms with Crippen molar-refractivity contribution in [3.05, 3.63) is 65.6 Å². The second-order valence-corrected chi connectivity index (χ2v) is 7.76. The molecule has 3 aromatic rings. The van der Waals surface area contributed by atoms with E-state index < -0.39 is 0 Å². The molecule has 0 spiro atoms. The number of aromatic nitrogens is 3. The lowest BCUT2D eigenvalue weighted by Crippen LogP contribution is -2.33. The van der Waals surface area contributed by atoms with Crippen LogP contribution in [0.5, 0.6) is 5.75 Å². The van der Waals surface area contributed by atoms with Gasteiger partial charge in [-0.15, -0.1) is 10.2 Å². The molecule has 0 bridgehead atoms. The van der Waals surface area contributed by atoms with Gasteiger partial charge in [-0.25, -0.2) is 0 Å². The second-order valence-electron chi connectivity index (χ2n) is 7.76. The van der Waals surface area contributed by atoms with Crippen molar-refractivity contribution in [1.29, 1.82) is 0 Å². The fraction of sp³-hybridized carbons (Fsp3) is 0.435. The molecule has 8 nitrogen and oxygen atoms in total. The van der Waals surface area contributed by atoms with Crippen LogP contribution in [0.2, 0.25) is 0 Å². The highest BCUT2D eigenvalue weighted by Gasteiger charge is 2.23. The van der Waals surface area contributed by atoms with Gasteiger partial charge in [0, 0.05) is 32.5 Å². The number of hydrogen-bond donors (Lipinski definition) is 1. The summed E-state index contributed by atoms with van der Waals surface area (Å²) in [6, 6.07) is 13.2. The topological polar surface area (TPSA) is 85.4 Å². The number of para-hydroxylation sites is 1. The zero-order valence-electron chi connectivity index (χ0n) is 18.1. The van der Waals surface area contributed by atoms with Crippen LogP contribution in [-0.4, -0.2) is 45.3 Å². The van der Waals surface area contributed by atoms with Gasteiger partial charge in [0.1, 0.15) is 23.1 Å². The largest absolute Gasteiger partial charge is 0.484 e. The standard InChI is InChI=1S/C23H29N5O3/c1-3-18-9-10-20(31-18)15-27-12-11-21-25-26-23(28(21)14-13-27)17(2)24-22(29)16-30-19-7-5-4-6-8-19/h4-10,17H,3,11-16H2,1-2H3,(H,24,29). The van der Waals surface area contributed by atoms with E-state index in [0.29, 0.717) is 5.75 Å². The van der Waals surface area contributed by atoms with E-state index in [1.54, 1.807) is 0 Å². The van der Waals surface area contributed by atoms with Crippen LogP contribution in [0.1, 0.15) is 43.1 Å². The van der Waals surface area contributed by atoms with E-state index in [4.69, 9.17) is 9.15 Å². The lowest BCUT2D eigenvalue weighted by atomic mass is 10.3. The molecule has 1 N–H and O–H groups in total. The lowest BCUT2D eigenvalue weighted by Gasteiger charge is -2.19. The minimum atomic E-state index is -0.253. The summed E-state index contributed by atoms with van der Waals surface area (Å²) in [4.78, 5) is 14.7. The number of hydrogen-bond acceptors (Lipinski definition) is 6. The number of nitrogens with one attached hydrogen (secondary N) is 1. The van der Waals surface area contributed by atoms with Gasteiger partial charge in [0.05, 0.1) is 12.6 Å². The predicted octanol–water partition coefficient (Wildman–Crippen LogP) is 2.75. The zero-order chi connectivity index (χ0) is 21.6. The summed E-state index contributed by atoms with van der Waals surface area (Å²) >= 11 is 0. The van der Waals surface area contributed by atoms with Gasteiger partial charge >= 0.3 is 0 Å². The molecular formula is C23H29N5O3. The van der Waals surface area contributed by atoms with Crippen LogP contribution in [0.25, 0.3) is 0 Å². The van der Waals surface area contributed by atoms with Crippen molar-refractivity contribution in [3.8, 4) is 5.75 Å². The van der Waals surface area contributed by atoms with Crippen molar-refractivity contribution < 1.29 is 13.9 Å². The molecule has 1 atom stereocenters. The SMILES string of the molecule is CCc1ccc(CN2CCc3nnc(C(C)NC(=O)COc4ccccc4)n3CC2)o1. The first-order valence-electron chi connectivity index (χ1n) is 10.8. The monoisotopic (exact) mass is 423 g/mol. The molecule has 1 aromatic carbocycles. The number of ether oxygens (including phenoxy) is 1. The molecule has 0 radical (unpaired) electrons. The highest BCUT2D eigenvalue weighted by molar-refractivity contribution is 5.77. The first-order chi connectivity index (χ1) is 15.1. The summed E-state index contributed by atoms with van der Waals surface area (Å²) in [6.07, 6.45) is 1.72. The number of benzene rings is 1.